The largest absolute Gasteiger partial charge is 0.383 e. The van der Waals surface area contributed by atoms with E-state index in [0.717, 1.165) is 5.56 Å². The Bertz CT molecular complexity index is 200. The second-order valence-electron chi connectivity index (χ2n) is 1.67. The van der Waals surface area contributed by atoms with Gasteiger partial charge in [0.05, 0.1) is 0 Å². The van der Waals surface area contributed by atoms with Gasteiger partial charge in [-0.25, -0.2) is 4.98 Å². The first-order valence-electron chi connectivity index (χ1n) is 2.94. The van der Waals surface area contributed by atoms with Crippen molar-refractivity contribution < 1.29 is 1.41 Å². The molecule has 1 aromatic rings. The highest BCUT2D eigenvalue weighted by molar-refractivity contribution is 5.36. The maximum absolute atomic E-state index is 6.77. The Kier molecular flexibility index (Phi) is 0.886. The molecule has 0 amide bonds. The average Bonchev–Trinajstić information content (AvgIpc) is 1.89. The smallest absolute Gasteiger partial charge is 0.158 e. The predicted octanol–water partition coefficient (Wildman–Crippen LogP) is 0.972. The summed E-state index contributed by atoms with van der Waals surface area (Å²) in [6.45, 7) is 1.91. The van der Waals surface area contributed by atoms with Gasteiger partial charge in [0.2, 0.25) is 0 Å². The normalized spacial score (nSPS) is 10.4. The van der Waals surface area contributed by atoms with Gasteiger partial charge in [-0.2, -0.15) is 0 Å². The number of aryl methyl sites for hydroxylation is 1. The zero-order chi connectivity index (χ0) is 6.69. The number of nitrogens with zero attached hydrogens (tertiary/aromatic N) is 1. The standard InChI is InChI=1S/C6H8N2/c1-5-3-2-4-8-6(5)7/h2-4H,1H3,(H2,7,8)/i/hT. The Morgan fingerprint density at radius 2 is 2.75 bits per heavy atom. The zero-order valence-electron chi connectivity index (χ0n) is 5.68. The molecule has 8 heavy (non-hydrogen) atoms. The summed E-state index contributed by atoms with van der Waals surface area (Å²) >= 11 is 0. The maximum Gasteiger partial charge on any atom is 0.158 e. The highest BCUT2D eigenvalue weighted by Crippen LogP contribution is 2.01. The molecule has 0 bridgehead atoms. The van der Waals surface area contributed by atoms with Crippen molar-refractivity contribution in [2.75, 3.05) is 5.73 Å². The summed E-state index contributed by atoms with van der Waals surface area (Å²) in [5.41, 5.74) is 3.23. The van der Waals surface area contributed by atoms with E-state index in [1.54, 1.807) is 6.20 Å². The van der Waals surface area contributed by atoms with Crippen LogP contribution in [0.4, 0.5) is 5.82 Å². The van der Waals surface area contributed by atoms with Crippen LogP contribution < -0.4 is 5.73 Å². The van der Waals surface area contributed by atoms with Crippen LogP contribution in [0.5, 0.6) is 0 Å². The van der Waals surface area contributed by atoms with Gasteiger partial charge in [0.1, 0.15) is 5.82 Å². The van der Waals surface area contributed by atoms with Crippen LogP contribution >= 0.6 is 0 Å². The molecule has 1 aromatic heterocycles. The third-order valence-corrected chi connectivity index (χ3v) is 1.01. The van der Waals surface area contributed by atoms with Crippen molar-refractivity contribution in [1.29, 1.82) is 0 Å². The third kappa shape index (κ3) is 0.780. The van der Waals surface area contributed by atoms with Crippen LogP contribution in [0, 0.1) is 6.92 Å². The van der Waals surface area contributed by atoms with Crippen molar-refractivity contribution in [2.24, 2.45) is 0 Å². The van der Waals surface area contributed by atoms with Gasteiger partial charge in [-0.3, -0.25) is 0 Å². The average molecular weight is 110 g/mol. The summed E-state index contributed by atoms with van der Waals surface area (Å²) < 4.78 is 6.77. The van der Waals surface area contributed by atoms with E-state index in [-0.39, 0.29) is 0 Å². The fourth-order valence-corrected chi connectivity index (χ4v) is 0.486. The molecule has 0 aliphatic carbocycles. The van der Waals surface area contributed by atoms with Crippen LogP contribution in [0.15, 0.2) is 18.3 Å². The van der Waals surface area contributed by atoms with Crippen LogP contribution in [0.1, 0.15) is 5.56 Å². The monoisotopic (exact) mass is 110 g/mol. The van der Waals surface area contributed by atoms with Crippen LogP contribution in [0.25, 0.3) is 0 Å². The Morgan fingerprint density at radius 1 is 1.88 bits per heavy atom. The summed E-state index contributed by atoms with van der Waals surface area (Å²) in [4.78, 5) is 3.90. The van der Waals surface area contributed by atoms with Crippen molar-refractivity contribution in [3.8, 4) is 0 Å². The van der Waals surface area contributed by atoms with Gasteiger partial charge in [-0.1, -0.05) is 6.07 Å². The second-order valence-corrected chi connectivity index (χ2v) is 1.67. The number of nitrogens with two attached hydrogens (primary N) is 1. The first-order chi connectivity index (χ1) is 4.34. The molecule has 0 saturated carbocycles. The molecule has 2 N–H and O–H groups in total. The molecule has 0 unspecified atom stereocenters. The number of hydrogen-bond acceptors (Lipinski definition) is 2. The Labute approximate surface area is 49.8 Å². The molecular formula is C6H8N2. The lowest BCUT2D eigenvalue weighted by Crippen LogP contribution is -1.90. The van der Waals surface area contributed by atoms with E-state index in [0.29, 0.717) is 5.82 Å². The first-order valence-corrected chi connectivity index (χ1v) is 2.44. The second kappa shape index (κ2) is 1.82. The van der Waals surface area contributed by atoms with Crippen LogP contribution in [0.3, 0.4) is 0 Å². The molecule has 0 aliphatic heterocycles. The van der Waals surface area contributed by atoms with E-state index in [9.17, 15) is 0 Å². The molecule has 0 fully saturated rings. The molecule has 1 heterocycles. The predicted molar refractivity (Wildman–Crippen MR) is 33.4 cm³/mol. The van der Waals surface area contributed by atoms with Crippen molar-refractivity contribution in [3.05, 3.63) is 23.9 Å². The lowest BCUT2D eigenvalue weighted by Gasteiger charge is -1.92. The highest BCUT2D eigenvalue weighted by Gasteiger charge is 1.86. The molecule has 2 nitrogen and oxygen atoms in total. The van der Waals surface area contributed by atoms with Crippen LogP contribution in [0.2, 0.25) is 1.41 Å². The van der Waals surface area contributed by atoms with E-state index >= 15 is 0 Å². The molecule has 1 rings (SSSR count). The molecule has 0 aromatic carbocycles. The van der Waals surface area contributed by atoms with Crippen LogP contribution in [-0.4, -0.2) is 4.98 Å². The maximum atomic E-state index is 6.77. The van der Waals surface area contributed by atoms with E-state index in [2.05, 4.69) is 10.7 Å². The van der Waals surface area contributed by atoms with Crippen molar-refractivity contribution in [2.45, 2.75) is 6.92 Å². The minimum atomic E-state index is 0.623. The number of anilines is 1. The summed E-state index contributed by atoms with van der Waals surface area (Å²) in [5.74, 6) is 0.623. The topological polar surface area (TPSA) is 38.9 Å². The zero-order valence-corrected chi connectivity index (χ0v) is 4.68. The first kappa shape index (κ1) is 3.89. The van der Waals surface area contributed by atoms with Crippen LogP contribution in [-0.2, 0) is 0 Å². The highest BCUT2D eigenvalue weighted by atomic mass is 14.8. The molecule has 0 spiro atoms. The van der Waals surface area contributed by atoms with E-state index in [4.69, 9.17) is 1.41 Å². The van der Waals surface area contributed by atoms with Crippen molar-refractivity contribution in [1.82, 2.24) is 4.98 Å². The SMILES string of the molecule is [3H]Nc1ncccc1C. The fourth-order valence-electron chi connectivity index (χ4n) is 0.486. The minimum absolute atomic E-state index is 0.623. The Morgan fingerprint density at radius 3 is 3.25 bits per heavy atom. The molecule has 0 saturated heterocycles. The Hall–Kier alpha value is -1.05. The number of aromatic nitrogens is 1. The van der Waals surface area contributed by atoms with Gasteiger partial charge < -0.3 is 5.73 Å². The van der Waals surface area contributed by atoms with Gasteiger partial charge in [0.25, 0.3) is 0 Å². The van der Waals surface area contributed by atoms with Gasteiger partial charge in [0, 0.05) is 6.20 Å². The minimum Gasteiger partial charge on any atom is -0.383 e. The number of hydrogen-bond donors (Lipinski definition) is 1. The van der Waals surface area contributed by atoms with Crippen molar-refractivity contribution >= 4 is 5.82 Å². The molecular weight excluding hydrogens is 100 g/mol. The molecule has 0 aliphatic rings. The van der Waals surface area contributed by atoms with E-state index < -0.39 is 0 Å². The quantitative estimate of drug-likeness (QED) is 0.585. The molecule has 0 radical (unpaired) electrons. The third-order valence-electron chi connectivity index (χ3n) is 1.01. The van der Waals surface area contributed by atoms with E-state index in [1.165, 1.54) is 0 Å². The summed E-state index contributed by atoms with van der Waals surface area (Å²) in [5, 5.41) is 0. The fraction of sp³-hybridized carbons (Fsp3) is 0.167. The number of pyridine rings is 1. The number of rotatable bonds is 1. The molecule has 0 atom stereocenters. The van der Waals surface area contributed by atoms with Gasteiger partial charge in [-0.05, 0) is 18.6 Å². The lowest BCUT2D eigenvalue weighted by atomic mass is 10.3. The van der Waals surface area contributed by atoms with Gasteiger partial charge in [-0.15, -0.1) is 0 Å². The lowest BCUT2D eigenvalue weighted by molar-refractivity contribution is 1.28. The molecule has 42 valence electrons. The summed E-state index contributed by atoms with van der Waals surface area (Å²) in [6, 6.07) is 3.75. The number of nitrogen functional groups attached to an aromatic ring is 1. The Balaban J connectivity index is 3.01. The van der Waals surface area contributed by atoms with Gasteiger partial charge in [0.15, 0.2) is 1.41 Å². The van der Waals surface area contributed by atoms with Gasteiger partial charge >= 0.3 is 0 Å². The molecule has 2 heteroatoms. The summed E-state index contributed by atoms with van der Waals surface area (Å²) in [6.07, 6.45) is 1.66. The van der Waals surface area contributed by atoms with E-state index in [1.807, 2.05) is 19.1 Å². The summed E-state index contributed by atoms with van der Waals surface area (Å²) in [7, 11) is 0. The van der Waals surface area contributed by atoms with Crippen molar-refractivity contribution in [3.63, 3.8) is 0 Å².